The number of ether oxygens (including phenoxy) is 1. The molecule has 8 nitrogen and oxygen atoms in total. The maximum atomic E-state index is 11.6. The average molecular weight is 362 g/mol. The highest BCUT2D eigenvalue weighted by Crippen LogP contribution is 2.20. The number of imidazole rings is 1. The van der Waals surface area contributed by atoms with Gasteiger partial charge in [0.05, 0.1) is 17.1 Å². The van der Waals surface area contributed by atoms with Gasteiger partial charge in [-0.05, 0) is 52.2 Å². The number of hydrogen-bond donors (Lipinski definition) is 4. The van der Waals surface area contributed by atoms with Crippen LogP contribution in [0, 0.1) is 0 Å². The summed E-state index contributed by atoms with van der Waals surface area (Å²) in [7, 11) is 0. The van der Waals surface area contributed by atoms with Gasteiger partial charge in [0.2, 0.25) is 0 Å². The molecule has 142 valence electrons. The van der Waals surface area contributed by atoms with Gasteiger partial charge in [-0.1, -0.05) is 12.1 Å². The first-order chi connectivity index (χ1) is 12.2. The fourth-order valence-electron chi connectivity index (χ4n) is 2.54. The van der Waals surface area contributed by atoms with Crippen molar-refractivity contribution in [2.24, 2.45) is 0 Å². The lowest BCUT2D eigenvalue weighted by molar-refractivity contribution is 0.0527. The Morgan fingerprint density at radius 2 is 2.00 bits per heavy atom. The number of aromatic nitrogens is 2. The minimum Gasteiger partial charge on any atom is -0.465 e. The summed E-state index contributed by atoms with van der Waals surface area (Å²) in [6.07, 6.45) is 0.453. The van der Waals surface area contributed by atoms with Crippen LogP contribution in [0.4, 0.5) is 9.59 Å². The van der Waals surface area contributed by atoms with E-state index in [1.165, 1.54) is 0 Å². The Labute approximate surface area is 152 Å². The SMILES string of the molecule is CC(C)(C)OC(=O)NCCCCC(NC(=O)O)c1nc2ccccc2[nH]1. The molecule has 0 fully saturated rings. The molecule has 8 heteroatoms. The summed E-state index contributed by atoms with van der Waals surface area (Å²) in [5.41, 5.74) is 1.14. The molecule has 0 aliphatic heterocycles. The largest absolute Gasteiger partial charge is 0.465 e. The molecule has 0 bridgehead atoms. The Morgan fingerprint density at radius 1 is 1.27 bits per heavy atom. The maximum absolute atomic E-state index is 11.6. The van der Waals surface area contributed by atoms with Crippen LogP contribution in [0.1, 0.15) is 51.9 Å². The third-order valence-electron chi connectivity index (χ3n) is 3.62. The number of para-hydroxylation sites is 2. The van der Waals surface area contributed by atoms with Crippen molar-refractivity contribution in [1.82, 2.24) is 20.6 Å². The van der Waals surface area contributed by atoms with Gasteiger partial charge in [0, 0.05) is 6.54 Å². The molecule has 2 rings (SSSR count). The molecule has 26 heavy (non-hydrogen) atoms. The molecule has 1 heterocycles. The van der Waals surface area contributed by atoms with Crippen LogP contribution in [0.25, 0.3) is 11.0 Å². The Balaban J connectivity index is 1.85. The molecule has 1 unspecified atom stereocenters. The van der Waals surface area contributed by atoms with E-state index in [1.807, 2.05) is 45.0 Å². The third kappa shape index (κ3) is 6.27. The normalized spacial score (nSPS) is 12.6. The zero-order valence-electron chi connectivity index (χ0n) is 15.3. The second-order valence-electron chi connectivity index (χ2n) is 7.07. The Morgan fingerprint density at radius 3 is 2.65 bits per heavy atom. The van der Waals surface area contributed by atoms with E-state index in [1.54, 1.807) is 0 Å². The average Bonchev–Trinajstić information content (AvgIpc) is 2.95. The molecule has 1 aromatic carbocycles. The Kier molecular flexibility index (Phi) is 6.43. The van der Waals surface area contributed by atoms with Crippen molar-refractivity contribution in [2.45, 2.75) is 51.7 Å². The Bertz CT molecular complexity index is 718. The minimum atomic E-state index is -1.10. The van der Waals surface area contributed by atoms with Gasteiger partial charge in [-0.2, -0.15) is 0 Å². The van der Waals surface area contributed by atoms with E-state index in [0.717, 1.165) is 17.5 Å². The third-order valence-corrected chi connectivity index (χ3v) is 3.62. The summed E-state index contributed by atoms with van der Waals surface area (Å²) in [5.74, 6) is 0.591. The van der Waals surface area contributed by atoms with E-state index in [9.17, 15) is 9.59 Å². The maximum Gasteiger partial charge on any atom is 0.407 e. The molecule has 2 amide bonds. The molecule has 0 radical (unpaired) electrons. The van der Waals surface area contributed by atoms with Crippen molar-refractivity contribution >= 4 is 23.2 Å². The lowest BCUT2D eigenvalue weighted by Gasteiger charge is -2.19. The Hall–Kier alpha value is -2.77. The molecule has 4 N–H and O–H groups in total. The molecule has 0 saturated carbocycles. The minimum absolute atomic E-state index is 0.429. The first-order valence-electron chi connectivity index (χ1n) is 8.65. The molecule has 0 spiro atoms. The standard InChI is InChI=1S/C18H26N4O4/c1-18(2,3)26-17(25)19-11-7-6-10-14(22-16(23)24)15-20-12-8-4-5-9-13(12)21-15/h4-5,8-9,14,22H,6-7,10-11H2,1-3H3,(H,19,25)(H,20,21)(H,23,24). The van der Waals surface area contributed by atoms with E-state index in [-0.39, 0.29) is 0 Å². The van der Waals surface area contributed by atoms with Crippen LogP contribution in [0.3, 0.4) is 0 Å². The van der Waals surface area contributed by atoms with E-state index in [0.29, 0.717) is 25.2 Å². The highest BCUT2D eigenvalue weighted by molar-refractivity contribution is 5.75. The van der Waals surface area contributed by atoms with Crippen molar-refractivity contribution in [3.63, 3.8) is 0 Å². The number of fused-ring (bicyclic) bond motifs is 1. The van der Waals surface area contributed by atoms with Gasteiger partial charge in [0.15, 0.2) is 0 Å². The molecule has 1 aromatic heterocycles. The quantitative estimate of drug-likeness (QED) is 0.562. The summed E-state index contributed by atoms with van der Waals surface area (Å²) >= 11 is 0. The predicted molar refractivity (Wildman–Crippen MR) is 98.1 cm³/mol. The van der Waals surface area contributed by atoms with E-state index in [4.69, 9.17) is 9.84 Å². The molecular formula is C18H26N4O4. The number of nitrogens with one attached hydrogen (secondary N) is 3. The van der Waals surface area contributed by atoms with Crippen molar-refractivity contribution in [3.05, 3.63) is 30.1 Å². The van der Waals surface area contributed by atoms with Crippen LogP contribution in [0.15, 0.2) is 24.3 Å². The number of aromatic amines is 1. The number of H-pyrrole nitrogens is 1. The van der Waals surface area contributed by atoms with Crippen molar-refractivity contribution in [2.75, 3.05) is 6.54 Å². The van der Waals surface area contributed by atoms with Gasteiger partial charge in [0.25, 0.3) is 0 Å². The number of alkyl carbamates (subject to hydrolysis) is 1. The number of hydrogen-bond acceptors (Lipinski definition) is 4. The lowest BCUT2D eigenvalue weighted by atomic mass is 10.1. The van der Waals surface area contributed by atoms with E-state index < -0.39 is 23.8 Å². The predicted octanol–water partition coefficient (Wildman–Crippen LogP) is 3.57. The van der Waals surface area contributed by atoms with Gasteiger partial charge in [-0.15, -0.1) is 0 Å². The van der Waals surface area contributed by atoms with Gasteiger partial charge in [-0.3, -0.25) is 0 Å². The summed E-state index contributed by atoms with van der Waals surface area (Å²) in [5, 5.41) is 14.3. The first kappa shape index (κ1) is 19.6. The van der Waals surface area contributed by atoms with Crippen molar-refractivity contribution in [1.29, 1.82) is 0 Å². The van der Waals surface area contributed by atoms with Gasteiger partial charge >= 0.3 is 12.2 Å². The molecule has 0 aliphatic carbocycles. The summed E-state index contributed by atoms with van der Waals surface area (Å²) in [4.78, 5) is 30.3. The van der Waals surface area contributed by atoms with Crippen molar-refractivity contribution in [3.8, 4) is 0 Å². The van der Waals surface area contributed by atoms with E-state index in [2.05, 4.69) is 20.6 Å². The first-order valence-corrected chi connectivity index (χ1v) is 8.65. The van der Waals surface area contributed by atoms with Gasteiger partial charge < -0.3 is 25.5 Å². The second kappa shape index (κ2) is 8.55. The molecular weight excluding hydrogens is 336 g/mol. The van der Waals surface area contributed by atoms with Crippen molar-refractivity contribution < 1.29 is 19.4 Å². The van der Waals surface area contributed by atoms with Crippen LogP contribution < -0.4 is 10.6 Å². The zero-order valence-corrected chi connectivity index (χ0v) is 15.3. The zero-order chi connectivity index (χ0) is 19.2. The van der Waals surface area contributed by atoms with Crippen LogP contribution >= 0.6 is 0 Å². The highest BCUT2D eigenvalue weighted by Gasteiger charge is 2.18. The number of carboxylic acid groups (broad SMARTS) is 1. The molecule has 2 aromatic rings. The van der Waals surface area contributed by atoms with Crippen LogP contribution in [0.5, 0.6) is 0 Å². The summed E-state index contributed by atoms with van der Waals surface area (Å²) < 4.78 is 5.17. The highest BCUT2D eigenvalue weighted by atomic mass is 16.6. The number of rotatable bonds is 7. The molecule has 0 aliphatic rings. The van der Waals surface area contributed by atoms with Crippen LogP contribution in [0.2, 0.25) is 0 Å². The number of amides is 2. The lowest BCUT2D eigenvalue weighted by Crippen LogP contribution is -2.33. The number of carbonyl (C=O) groups excluding carboxylic acids is 1. The van der Waals surface area contributed by atoms with Crippen LogP contribution in [-0.2, 0) is 4.74 Å². The van der Waals surface area contributed by atoms with Gasteiger partial charge in [-0.25, -0.2) is 14.6 Å². The monoisotopic (exact) mass is 362 g/mol. The van der Waals surface area contributed by atoms with Crippen LogP contribution in [-0.4, -0.2) is 39.4 Å². The fourth-order valence-corrected chi connectivity index (χ4v) is 2.54. The summed E-state index contributed by atoms with van der Waals surface area (Å²) in [6, 6.07) is 7.12. The van der Waals surface area contributed by atoms with Gasteiger partial charge in [0.1, 0.15) is 11.4 Å². The number of nitrogens with zero attached hydrogens (tertiary/aromatic N) is 1. The van der Waals surface area contributed by atoms with E-state index >= 15 is 0 Å². The molecule has 1 atom stereocenters. The second-order valence-corrected chi connectivity index (χ2v) is 7.07. The smallest absolute Gasteiger partial charge is 0.407 e. The fraction of sp³-hybridized carbons (Fsp3) is 0.500. The molecule has 0 saturated heterocycles. The number of unbranched alkanes of at least 4 members (excludes halogenated alkanes) is 1. The number of benzene rings is 1. The number of carbonyl (C=O) groups is 2. The topological polar surface area (TPSA) is 116 Å². The summed E-state index contributed by atoms with van der Waals surface area (Å²) in [6.45, 7) is 5.89.